The molecule has 0 aliphatic rings. The van der Waals surface area contributed by atoms with Crippen molar-refractivity contribution in [2.24, 2.45) is 0 Å². The Morgan fingerprint density at radius 3 is 1.88 bits per heavy atom. The lowest BCUT2D eigenvalue weighted by molar-refractivity contribution is -0.571. The standard InChI is InChI=1S/C73H58N4O/c1-48-21-18-22-49(2)71(48)55-35-38-67-69(43-55)75(47-76(67)72-63(52-25-12-8-13-26-52)41-56(51-23-10-7-11-24-51)42-64(72)54-29-19-30-57(40-54)73(4,5)6)58-31-20-32-59(44-58)78-60-36-37-62-61-33-16-17-34-66(61)77(68(62)45-60)70-39-50(3)65(46-74-70)53-27-14-9-15-28-53/h7-46H,1-6H3/i1D3,2D3,3D3,7D,8D,9D,10D,11D,12D,13D,14D,15D,23D,24D,25D,26D,27D,28D. The molecule has 0 radical (unpaired) electrons. The van der Waals surface area contributed by atoms with E-state index in [1.165, 1.54) is 36.5 Å². The summed E-state index contributed by atoms with van der Waals surface area (Å²) in [4.78, 5) is 4.71. The fourth-order valence-electron chi connectivity index (χ4n) is 10.1. The molecule has 13 rings (SSSR count). The minimum absolute atomic E-state index is 0.0175. The number of pyridine rings is 1. The molecule has 0 aliphatic carbocycles. The number of fused-ring (bicyclic) bond motifs is 4. The number of aromatic nitrogens is 4. The summed E-state index contributed by atoms with van der Waals surface area (Å²) in [6, 6.07) is 30.0. The van der Waals surface area contributed by atoms with Crippen LogP contribution in [0.1, 0.15) is 75.9 Å². The van der Waals surface area contributed by atoms with Gasteiger partial charge >= 0.3 is 0 Å². The number of hydrogen-bond acceptors (Lipinski definition) is 2. The molecule has 0 saturated heterocycles. The van der Waals surface area contributed by atoms with Gasteiger partial charge in [0.2, 0.25) is 0 Å². The first-order valence-corrected chi connectivity index (χ1v) is 24.9. The van der Waals surface area contributed by atoms with Crippen molar-refractivity contribution in [3.63, 3.8) is 0 Å². The third-order valence-corrected chi connectivity index (χ3v) is 13.8. The smallest absolute Gasteiger partial charge is 0.269 e. The summed E-state index contributed by atoms with van der Waals surface area (Å²) in [5, 5.41) is 1.44. The van der Waals surface area contributed by atoms with Crippen molar-refractivity contribution in [1.29, 1.82) is 0 Å². The van der Waals surface area contributed by atoms with Gasteiger partial charge in [-0.1, -0.05) is 190 Å². The van der Waals surface area contributed by atoms with Crippen LogP contribution in [0.4, 0.5) is 0 Å². The van der Waals surface area contributed by atoms with Crippen LogP contribution < -0.4 is 9.30 Å². The molecule has 0 bridgehead atoms. The van der Waals surface area contributed by atoms with Crippen molar-refractivity contribution in [2.75, 3.05) is 0 Å². The monoisotopic (exact) mass is 1030 g/mol. The lowest BCUT2D eigenvalue weighted by Crippen LogP contribution is -2.31. The molecule has 3 heterocycles. The summed E-state index contributed by atoms with van der Waals surface area (Å²) < 4.78 is 223. The van der Waals surface area contributed by atoms with Crippen LogP contribution in [-0.2, 0) is 5.41 Å². The van der Waals surface area contributed by atoms with Gasteiger partial charge in [0.1, 0.15) is 17.3 Å². The van der Waals surface area contributed by atoms with E-state index in [0.717, 1.165) is 10.9 Å². The van der Waals surface area contributed by atoms with E-state index in [2.05, 4.69) is 6.33 Å². The Kier molecular flexibility index (Phi) is 7.14. The van der Waals surface area contributed by atoms with Crippen molar-refractivity contribution in [3.05, 3.63) is 271 Å². The molecule has 0 N–H and O–H groups in total. The topological polar surface area (TPSA) is 35.9 Å². The van der Waals surface area contributed by atoms with E-state index in [4.69, 9.17) is 37.1 Å². The Morgan fingerprint density at radius 1 is 0.500 bits per heavy atom. The third-order valence-electron chi connectivity index (χ3n) is 13.8. The molecule has 13 aromatic rings. The van der Waals surface area contributed by atoms with Crippen LogP contribution in [0.2, 0.25) is 0 Å². The van der Waals surface area contributed by atoms with Gasteiger partial charge in [0.05, 0.1) is 54.0 Å². The Morgan fingerprint density at radius 2 is 1.15 bits per heavy atom. The molecule has 78 heavy (non-hydrogen) atoms. The zero-order chi connectivity index (χ0) is 73.6. The highest BCUT2D eigenvalue weighted by atomic mass is 16.5. The van der Waals surface area contributed by atoms with Gasteiger partial charge in [-0.25, -0.2) is 4.98 Å². The van der Waals surface area contributed by atoms with E-state index >= 15 is 0 Å². The van der Waals surface area contributed by atoms with Crippen LogP contribution in [0.15, 0.2) is 242 Å². The molecule has 0 aliphatic heterocycles. The van der Waals surface area contributed by atoms with E-state index in [0.29, 0.717) is 27.7 Å². The Balaban J connectivity index is 1.07. The van der Waals surface area contributed by atoms with Gasteiger partial charge in [-0.2, -0.15) is 0 Å². The van der Waals surface area contributed by atoms with Crippen molar-refractivity contribution < 1.29 is 42.2 Å². The van der Waals surface area contributed by atoms with Gasteiger partial charge in [0.15, 0.2) is 0 Å². The lowest BCUT2D eigenvalue weighted by Gasteiger charge is -2.23. The molecule has 5 nitrogen and oxygen atoms in total. The lowest BCUT2D eigenvalue weighted by atomic mass is 9.84. The minimum atomic E-state index is -2.88. The summed E-state index contributed by atoms with van der Waals surface area (Å²) in [5.74, 6) is 0.594. The zero-order valence-corrected chi connectivity index (χ0v) is 42.1. The molecule has 0 amide bonds. The molecule has 10 aromatic carbocycles. The second-order valence-electron chi connectivity index (χ2n) is 19.7. The van der Waals surface area contributed by atoms with Crippen LogP contribution in [0, 0.1) is 26.9 Å². The Hall–Kier alpha value is -9.58. The van der Waals surface area contributed by atoms with Gasteiger partial charge in [0.25, 0.3) is 6.33 Å². The summed E-state index contributed by atoms with van der Waals surface area (Å²) >= 11 is 0. The van der Waals surface area contributed by atoms with Crippen LogP contribution in [-0.4, -0.2) is 14.1 Å². The van der Waals surface area contributed by atoms with E-state index in [-0.39, 0.29) is 101 Å². The highest BCUT2D eigenvalue weighted by Crippen LogP contribution is 2.42. The van der Waals surface area contributed by atoms with Crippen LogP contribution >= 0.6 is 0 Å². The quantitative estimate of drug-likeness (QED) is 0.101. The summed E-state index contributed by atoms with van der Waals surface area (Å²) in [6.45, 7) is -2.56. The average molecular weight is 1030 g/mol. The molecule has 0 spiro atoms. The zero-order valence-electron chi connectivity index (χ0n) is 66.1. The predicted molar refractivity (Wildman–Crippen MR) is 322 cm³/mol. The van der Waals surface area contributed by atoms with Gasteiger partial charge in [0, 0.05) is 40.9 Å². The number of benzene rings is 10. The van der Waals surface area contributed by atoms with Gasteiger partial charge in [-0.05, 0) is 159 Å². The highest BCUT2D eigenvalue weighted by molar-refractivity contribution is 6.09. The first-order valence-electron chi connectivity index (χ1n) is 36.9. The number of aryl methyl sites for hydroxylation is 3. The molecular formula is C73H58N4O. The maximum Gasteiger partial charge on any atom is 0.269 e. The molecule has 376 valence electrons. The van der Waals surface area contributed by atoms with Crippen LogP contribution in [0.25, 0.3) is 106 Å². The SMILES string of the molecule is [2H]c1c([2H])c([2H])c(-c2cc(-c3cccc(C(C)(C)C)c3)c(-[n+]3[c-]n(-c4cccc(Oc5ccc6c7ccccc7n(-c7cc(C([2H])([2H])[2H])c(-c8c([2H])c([2H])c([2H])c([2H])c8[2H])cn7)c6c5)c4)c4cc(-c5c(C([2H])([2H])[2H])cccc5C([2H])([2H])[2H])ccc43)c(-c3c([2H])c([2H])c([2H])c([2H])c3[2H])c2)c([2H])c1[2H]. The second-order valence-corrected chi connectivity index (χ2v) is 19.7. The maximum atomic E-state index is 9.57. The summed E-state index contributed by atoms with van der Waals surface area (Å²) in [5.41, 5.74) is 1.14. The number of hydrogen-bond donors (Lipinski definition) is 0. The number of nitrogens with zero attached hydrogens (tertiary/aromatic N) is 4. The number of ether oxygens (including phenoxy) is 1. The predicted octanol–water partition coefficient (Wildman–Crippen LogP) is 18.5. The van der Waals surface area contributed by atoms with Crippen LogP contribution in [0.5, 0.6) is 11.5 Å². The van der Waals surface area contributed by atoms with Crippen molar-refractivity contribution >= 4 is 32.8 Å². The number of imidazole rings is 1. The molecule has 0 unspecified atom stereocenters. The van der Waals surface area contributed by atoms with E-state index in [9.17, 15) is 5.48 Å². The fraction of sp³-hybridized carbons (Fsp3) is 0.0959. The molecule has 3 aromatic heterocycles. The first kappa shape index (κ1) is 28.5. The molecule has 0 fully saturated rings. The van der Waals surface area contributed by atoms with E-state index < -0.39 is 117 Å². The minimum Gasteiger partial charge on any atom is -0.458 e. The fourth-order valence-corrected chi connectivity index (χ4v) is 10.1. The van der Waals surface area contributed by atoms with Gasteiger partial charge < -0.3 is 4.74 Å². The van der Waals surface area contributed by atoms with E-state index in [1.807, 2.05) is 57.2 Å². The maximum absolute atomic E-state index is 9.57. The summed E-state index contributed by atoms with van der Waals surface area (Å²) in [6.07, 6.45) is 4.67. The normalized spacial score (nSPS) is 16.6. The first-order chi connectivity index (χ1) is 47.9. The molecule has 5 heteroatoms. The third kappa shape index (κ3) is 8.73. The molecule has 0 atom stereocenters. The van der Waals surface area contributed by atoms with Gasteiger partial charge in [-0.15, -0.1) is 0 Å². The van der Waals surface area contributed by atoms with E-state index in [1.54, 1.807) is 92.6 Å². The van der Waals surface area contributed by atoms with Crippen molar-refractivity contribution in [3.8, 4) is 84.3 Å². The summed E-state index contributed by atoms with van der Waals surface area (Å²) in [7, 11) is 0. The number of rotatable bonds is 10. The average Bonchev–Trinajstić information content (AvgIpc) is 1.46. The largest absolute Gasteiger partial charge is 0.458 e. The van der Waals surface area contributed by atoms with Crippen molar-refractivity contribution in [2.45, 2.75) is 46.7 Å². The Labute approximate surface area is 490 Å². The number of para-hydroxylation sites is 1. The van der Waals surface area contributed by atoms with Gasteiger partial charge in [-0.3, -0.25) is 13.7 Å². The highest BCUT2D eigenvalue weighted by Gasteiger charge is 2.24. The van der Waals surface area contributed by atoms with Crippen molar-refractivity contribution in [1.82, 2.24) is 14.1 Å². The Bertz CT molecular complexity index is 5580. The second kappa shape index (κ2) is 19.5. The van der Waals surface area contributed by atoms with Crippen LogP contribution in [0.3, 0.4) is 0 Å². The molecular weight excluding hydrogens is 949 g/mol. The molecule has 0 saturated carbocycles.